The van der Waals surface area contributed by atoms with Gasteiger partial charge in [0.05, 0.1) is 0 Å². The summed E-state index contributed by atoms with van der Waals surface area (Å²) in [4.78, 5) is 4.10. The van der Waals surface area contributed by atoms with Crippen molar-refractivity contribution in [3.05, 3.63) is 59.8 Å². The quantitative estimate of drug-likeness (QED) is 0.708. The number of nitrogens with two attached hydrogens (primary N) is 1. The summed E-state index contributed by atoms with van der Waals surface area (Å²) < 4.78 is 5.78. The lowest BCUT2D eigenvalue weighted by molar-refractivity contribution is 0.469. The minimum absolute atomic E-state index is 0.315. The first-order valence-corrected chi connectivity index (χ1v) is 6.19. The molecule has 0 atom stereocenters. The van der Waals surface area contributed by atoms with Gasteiger partial charge < -0.3 is 10.5 Å². The van der Waals surface area contributed by atoms with Crippen molar-refractivity contribution in [3.8, 4) is 11.6 Å². The van der Waals surface area contributed by atoms with Crippen LogP contribution in [0, 0.1) is 0 Å². The van der Waals surface area contributed by atoms with E-state index in [1.165, 1.54) is 0 Å². The van der Waals surface area contributed by atoms with Gasteiger partial charge in [0.25, 0.3) is 0 Å². The number of rotatable bonds is 2. The number of aromatic nitrogens is 1. The maximum atomic E-state index is 5.86. The Hall–Kier alpha value is -2.26. The molecule has 3 nitrogen and oxygen atoms in total. The Morgan fingerprint density at radius 3 is 2.63 bits per heavy atom. The molecular weight excluding hydrogens is 260 g/mol. The first-order valence-electron chi connectivity index (χ1n) is 5.81. The number of fused-ring (bicyclic) bond motifs is 1. The van der Waals surface area contributed by atoms with Gasteiger partial charge in [0, 0.05) is 17.1 Å². The monoisotopic (exact) mass is 270 g/mol. The molecule has 0 aliphatic heterocycles. The molecule has 0 fully saturated rings. The smallest absolute Gasteiger partial charge is 0.222 e. The van der Waals surface area contributed by atoms with E-state index in [9.17, 15) is 0 Å². The summed E-state index contributed by atoms with van der Waals surface area (Å²) in [5.41, 5.74) is 6.24. The molecule has 0 unspecified atom stereocenters. The first kappa shape index (κ1) is 11.8. The van der Waals surface area contributed by atoms with Crippen molar-refractivity contribution >= 4 is 28.1 Å². The maximum Gasteiger partial charge on any atom is 0.222 e. The van der Waals surface area contributed by atoms with Gasteiger partial charge in [0.15, 0.2) is 0 Å². The number of benzene rings is 2. The van der Waals surface area contributed by atoms with Crippen molar-refractivity contribution < 1.29 is 4.74 Å². The number of anilines is 1. The molecule has 2 aromatic carbocycles. The van der Waals surface area contributed by atoms with Crippen LogP contribution in [0.2, 0.25) is 5.15 Å². The Kier molecular flexibility index (Phi) is 2.97. The standard InChI is InChI=1S/C15H11ClN2O/c16-14-8-11(17)9-15(18-14)19-13-7-3-5-10-4-1-2-6-12(10)13/h1-9H,(H2,17,18). The summed E-state index contributed by atoms with van der Waals surface area (Å²) in [5, 5.41) is 2.44. The predicted molar refractivity (Wildman–Crippen MR) is 77.7 cm³/mol. The van der Waals surface area contributed by atoms with Crippen molar-refractivity contribution in [1.82, 2.24) is 4.98 Å². The fourth-order valence-corrected chi connectivity index (χ4v) is 2.15. The molecule has 4 heteroatoms. The van der Waals surface area contributed by atoms with Gasteiger partial charge in [-0.2, -0.15) is 0 Å². The highest BCUT2D eigenvalue weighted by atomic mass is 35.5. The van der Waals surface area contributed by atoms with Gasteiger partial charge >= 0.3 is 0 Å². The fourth-order valence-electron chi connectivity index (χ4n) is 1.94. The normalized spacial score (nSPS) is 10.6. The van der Waals surface area contributed by atoms with E-state index in [1.807, 2.05) is 42.5 Å². The van der Waals surface area contributed by atoms with E-state index in [0.717, 1.165) is 16.5 Å². The SMILES string of the molecule is Nc1cc(Cl)nc(Oc2cccc3ccccc23)c1. The van der Waals surface area contributed by atoms with Gasteiger partial charge in [-0.3, -0.25) is 0 Å². The minimum atomic E-state index is 0.315. The Labute approximate surface area is 115 Å². The zero-order chi connectivity index (χ0) is 13.2. The molecular formula is C15H11ClN2O. The Balaban J connectivity index is 2.05. The van der Waals surface area contributed by atoms with Crippen LogP contribution in [0.4, 0.5) is 5.69 Å². The van der Waals surface area contributed by atoms with Crippen LogP contribution < -0.4 is 10.5 Å². The number of hydrogen-bond donors (Lipinski definition) is 1. The molecule has 3 aromatic rings. The van der Waals surface area contributed by atoms with Crippen LogP contribution in [0.3, 0.4) is 0 Å². The van der Waals surface area contributed by atoms with E-state index < -0.39 is 0 Å². The van der Waals surface area contributed by atoms with Crippen molar-refractivity contribution in [3.63, 3.8) is 0 Å². The number of halogens is 1. The summed E-state index contributed by atoms with van der Waals surface area (Å²) in [6.07, 6.45) is 0. The number of nitrogen functional groups attached to an aromatic ring is 1. The third kappa shape index (κ3) is 2.46. The van der Waals surface area contributed by atoms with Gasteiger partial charge in [0.2, 0.25) is 5.88 Å². The third-order valence-electron chi connectivity index (χ3n) is 2.76. The van der Waals surface area contributed by atoms with Crippen molar-refractivity contribution in [2.45, 2.75) is 0 Å². The van der Waals surface area contributed by atoms with Crippen LogP contribution >= 0.6 is 11.6 Å². The summed E-state index contributed by atoms with van der Waals surface area (Å²) in [7, 11) is 0. The van der Waals surface area contributed by atoms with Gasteiger partial charge in [0.1, 0.15) is 10.9 Å². The average molecular weight is 271 g/mol. The van der Waals surface area contributed by atoms with Crippen LogP contribution in [0.5, 0.6) is 11.6 Å². The lowest BCUT2D eigenvalue weighted by atomic mass is 10.1. The number of hydrogen-bond acceptors (Lipinski definition) is 3. The first-order chi connectivity index (χ1) is 9.22. The molecule has 0 spiro atoms. The Bertz CT molecular complexity index is 718. The second kappa shape index (κ2) is 4.78. The molecule has 2 N–H and O–H groups in total. The van der Waals surface area contributed by atoms with Crippen molar-refractivity contribution in [2.24, 2.45) is 0 Å². The van der Waals surface area contributed by atoms with Crippen LogP contribution in [0.25, 0.3) is 10.8 Å². The van der Waals surface area contributed by atoms with Gasteiger partial charge in [-0.05, 0) is 17.5 Å². The van der Waals surface area contributed by atoms with E-state index >= 15 is 0 Å². The largest absolute Gasteiger partial charge is 0.438 e. The molecule has 0 saturated carbocycles. The Morgan fingerprint density at radius 1 is 1.00 bits per heavy atom. The lowest BCUT2D eigenvalue weighted by Crippen LogP contribution is -1.92. The molecule has 1 aromatic heterocycles. The van der Waals surface area contributed by atoms with E-state index in [1.54, 1.807) is 12.1 Å². The summed E-state index contributed by atoms with van der Waals surface area (Å²) in [5.74, 6) is 1.12. The van der Waals surface area contributed by atoms with Crippen molar-refractivity contribution in [2.75, 3.05) is 5.73 Å². The van der Waals surface area contributed by atoms with Gasteiger partial charge in [-0.15, -0.1) is 0 Å². The highest BCUT2D eigenvalue weighted by Crippen LogP contribution is 2.30. The zero-order valence-corrected chi connectivity index (χ0v) is 10.8. The number of ether oxygens (including phenoxy) is 1. The fraction of sp³-hybridized carbons (Fsp3) is 0. The highest BCUT2D eigenvalue weighted by molar-refractivity contribution is 6.29. The molecule has 0 aliphatic carbocycles. The second-order valence-corrected chi connectivity index (χ2v) is 4.53. The van der Waals surface area contributed by atoms with Crippen LogP contribution in [-0.2, 0) is 0 Å². The van der Waals surface area contributed by atoms with E-state index in [2.05, 4.69) is 4.98 Å². The summed E-state index contributed by atoms with van der Waals surface area (Å²) in [6.45, 7) is 0. The van der Waals surface area contributed by atoms with Gasteiger partial charge in [-0.25, -0.2) is 4.98 Å². The number of pyridine rings is 1. The number of nitrogens with zero attached hydrogens (tertiary/aromatic N) is 1. The zero-order valence-electron chi connectivity index (χ0n) is 10.0. The van der Waals surface area contributed by atoms with E-state index in [0.29, 0.717) is 16.7 Å². The summed E-state index contributed by atoms with van der Waals surface area (Å²) >= 11 is 5.86. The summed E-state index contributed by atoms with van der Waals surface area (Å²) in [6, 6.07) is 17.1. The van der Waals surface area contributed by atoms with Gasteiger partial charge in [-0.1, -0.05) is 48.0 Å². The maximum absolute atomic E-state index is 5.86. The van der Waals surface area contributed by atoms with Crippen LogP contribution in [0.1, 0.15) is 0 Å². The molecule has 0 bridgehead atoms. The molecule has 19 heavy (non-hydrogen) atoms. The molecule has 0 amide bonds. The van der Waals surface area contributed by atoms with Crippen molar-refractivity contribution in [1.29, 1.82) is 0 Å². The predicted octanol–water partition coefficient (Wildman–Crippen LogP) is 4.26. The van der Waals surface area contributed by atoms with E-state index in [-0.39, 0.29) is 0 Å². The Morgan fingerprint density at radius 2 is 1.79 bits per heavy atom. The minimum Gasteiger partial charge on any atom is -0.438 e. The molecule has 0 aliphatic rings. The van der Waals surface area contributed by atoms with Crippen LogP contribution in [0.15, 0.2) is 54.6 Å². The van der Waals surface area contributed by atoms with Crippen LogP contribution in [-0.4, -0.2) is 4.98 Å². The third-order valence-corrected chi connectivity index (χ3v) is 2.95. The van der Waals surface area contributed by atoms with E-state index in [4.69, 9.17) is 22.1 Å². The molecule has 0 saturated heterocycles. The topological polar surface area (TPSA) is 48.1 Å². The lowest BCUT2D eigenvalue weighted by Gasteiger charge is -2.08. The average Bonchev–Trinajstić information content (AvgIpc) is 2.38. The molecule has 3 rings (SSSR count). The highest BCUT2D eigenvalue weighted by Gasteiger charge is 2.05. The second-order valence-electron chi connectivity index (χ2n) is 4.14. The molecule has 94 valence electrons. The molecule has 0 radical (unpaired) electrons. The molecule has 1 heterocycles.